The van der Waals surface area contributed by atoms with Crippen molar-refractivity contribution >= 4 is 18.1 Å². The molecule has 0 aromatic carbocycles. The molecule has 0 fully saturated rings. The van der Waals surface area contributed by atoms with Crippen LogP contribution < -0.4 is 4.90 Å². The quantitative estimate of drug-likeness (QED) is 0.891. The largest absolute Gasteiger partial charge is 0.443 e. The fourth-order valence-corrected chi connectivity index (χ4v) is 1.40. The molecule has 0 saturated carbocycles. The van der Waals surface area contributed by atoms with Crippen LogP contribution in [0.4, 0.5) is 15.5 Å². The lowest BCUT2D eigenvalue weighted by Gasteiger charge is -2.27. The molecule has 1 rings (SSSR count). The van der Waals surface area contributed by atoms with E-state index in [4.69, 9.17) is 14.6 Å². The zero-order valence-corrected chi connectivity index (χ0v) is 14.3. The molecule has 0 aliphatic heterocycles. The summed E-state index contributed by atoms with van der Waals surface area (Å²) in [4.78, 5) is 33.1. The fraction of sp³-hybridized carbons (Fsp3) is 0.600. The van der Waals surface area contributed by atoms with E-state index in [0.29, 0.717) is 10.5 Å². The van der Waals surface area contributed by atoms with E-state index in [1.807, 2.05) is 0 Å². The molecule has 1 heterocycles. The summed E-state index contributed by atoms with van der Waals surface area (Å²) < 4.78 is 10.4. The average Bonchev–Trinajstić information content (AvgIpc) is 2.35. The number of hydrogen-bond acceptors (Lipinski definition) is 7. The van der Waals surface area contributed by atoms with Crippen LogP contribution >= 0.6 is 0 Å². The highest BCUT2D eigenvalue weighted by molar-refractivity contribution is 6.08. The molecule has 0 unspecified atom stereocenters. The Balaban J connectivity index is 3.14. The van der Waals surface area contributed by atoms with Crippen LogP contribution in [0, 0.1) is 0 Å². The summed E-state index contributed by atoms with van der Waals surface area (Å²) in [7, 11) is 0. The minimum atomic E-state index is -0.941. The lowest BCUT2D eigenvalue weighted by Crippen LogP contribution is -2.44. The lowest BCUT2D eigenvalue weighted by molar-refractivity contribution is 0.0427. The summed E-state index contributed by atoms with van der Waals surface area (Å²) in [6.45, 7) is 9.80. The van der Waals surface area contributed by atoms with Crippen LogP contribution in [-0.2, 0) is 16.1 Å². The number of hydrogen-bond donors (Lipinski definition) is 1. The molecular formula is C15H23N3O5. The van der Waals surface area contributed by atoms with E-state index < -0.39 is 23.4 Å². The minimum absolute atomic E-state index is 0.189. The van der Waals surface area contributed by atoms with Crippen molar-refractivity contribution in [2.45, 2.75) is 59.4 Å². The van der Waals surface area contributed by atoms with Crippen molar-refractivity contribution in [2.75, 3.05) is 4.90 Å². The Hall–Kier alpha value is -2.22. The van der Waals surface area contributed by atoms with Gasteiger partial charge in [-0.15, -0.1) is 4.90 Å². The molecule has 2 amide bonds. The molecule has 23 heavy (non-hydrogen) atoms. The van der Waals surface area contributed by atoms with Crippen LogP contribution in [0.15, 0.2) is 12.4 Å². The van der Waals surface area contributed by atoms with E-state index in [1.165, 1.54) is 12.4 Å². The maximum atomic E-state index is 12.3. The Morgan fingerprint density at radius 1 is 1.00 bits per heavy atom. The van der Waals surface area contributed by atoms with Crippen LogP contribution in [0.3, 0.4) is 0 Å². The number of carbonyl (C=O) groups excluding carboxylic acids is 2. The highest BCUT2D eigenvalue weighted by Crippen LogP contribution is 2.18. The van der Waals surface area contributed by atoms with E-state index in [0.717, 1.165) is 0 Å². The molecule has 1 aromatic rings. The molecule has 0 radical (unpaired) electrons. The second-order valence-electron chi connectivity index (χ2n) is 6.85. The number of anilines is 1. The summed E-state index contributed by atoms with van der Waals surface area (Å²) in [5.74, 6) is -0.189. The van der Waals surface area contributed by atoms with Gasteiger partial charge in [-0.2, -0.15) is 0 Å². The third-order valence-electron chi connectivity index (χ3n) is 2.23. The van der Waals surface area contributed by atoms with Gasteiger partial charge in [-0.1, -0.05) is 0 Å². The van der Waals surface area contributed by atoms with Gasteiger partial charge in [0.2, 0.25) is 5.95 Å². The zero-order valence-electron chi connectivity index (χ0n) is 14.3. The van der Waals surface area contributed by atoms with Gasteiger partial charge in [0.05, 0.1) is 6.61 Å². The SMILES string of the molecule is CC(C)(C)OC(=O)N(C(=O)OC(C)(C)C)c1ncc(CO)cn1. The number of aliphatic hydroxyl groups is 1. The van der Waals surface area contributed by atoms with Crippen molar-refractivity contribution in [2.24, 2.45) is 0 Å². The summed E-state index contributed by atoms with van der Waals surface area (Å²) in [5.41, 5.74) is -1.16. The molecule has 0 aliphatic carbocycles. The zero-order chi connectivity index (χ0) is 17.8. The Labute approximate surface area is 135 Å². The number of amides is 2. The van der Waals surface area contributed by atoms with Gasteiger partial charge in [-0.3, -0.25) is 0 Å². The topological polar surface area (TPSA) is 102 Å². The first-order valence-corrected chi connectivity index (χ1v) is 7.11. The smallest absolute Gasteiger partial charge is 0.427 e. The molecular weight excluding hydrogens is 302 g/mol. The van der Waals surface area contributed by atoms with E-state index in [1.54, 1.807) is 41.5 Å². The Morgan fingerprint density at radius 3 is 1.70 bits per heavy atom. The van der Waals surface area contributed by atoms with Crippen molar-refractivity contribution in [3.8, 4) is 0 Å². The van der Waals surface area contributed by atoms with E-state index in [-0.39, 0.29) is 12.6 Å². The number of imide groups is 1. The third-order valence-corrected chi connectivity index (χ3v) is 2.23. The molecule has 8 heteroatoms. The van der Waals surface area contributed by atoms with Crippen LogP contribution in [-0.4, -0.2) is 38.5 Å². The summed E-state index contributed by atoms with van der Waals surface area (Å²) in [6, 6.07) is 0. The van der Waals surface area contributed by atoms with Crippen LogP contribution in [0.25, 0.3) is 0 Å². The third kappa shape index (κ3) is 6.19. The number of aromatic nitrogens is 2. The van der Waals surface area contributed by atoms with Crippen molar-refractivity contribution < 1.29 is 24.2 Å². The van der Waals surface area contributed by atoms with E-state index in [2.05, 4.69) is 9.97 Å². The second-order valence-corrected chi connectivity index (χ2v) is 6.85. The summed E-state index contributed by atoms with van der Waals surface area (Å²) in [6.07, 6.45) is 0.737. The first kappa shape index (κ1) is 18.8. The van der Waals surface area contributed by atoms with E-state index >= 15 is 0 Å². The van der Waals surface area contributed by atoms with Gasteiger partial charge in [-0.05, 0) is 41.5 Å². The molecule has 1 aromatic heterocycles. The van der Waals surface area contributed by atoms with Crippen molar-refractivity contribution in [3.63, 3.8) is 0 Å². The summed E-state index contributed by atoms with van der Waals surface area (Å²) in [5, 5.41) is 9.01. The fourth-order valence-electron chi connectivity index (χ4n) is 1.40. The van der Waals surface area contributed by atoms with Crippen LogP contribution in [0.1, 0.15) is 47.1 Å². The Bertz CT molecular complexity index is 530. The standard InChI is InChI=1S/C15H23N3O5/c1-14(2,3)22-12(20)18(13(21)23-15(4,5)6)11-16-7-10(9-19)8-17-11/h7-8,19H,9H2,1-6H3. The molecule has 0 spiro atoms. The van der Waals surface area contributed by atoms with Gasteiger partial charge >= 0.3 is 12.2 Å². The number of nitrogens with zero attached hydrogens (tertiary/aromatic N) is 3. The van der Waals surface area contributed by atoms with Gasteiger partial charge in [-0.25, -0.2) is 19.6 Å². The van der Waals surface area contributed by atoms with Crippen molar-refractivity contribution in [3.05, 3.63) is 18.0 Å². The number of aliphatic hydroxyl groups excluding tert-OH is 1. The average molecular weight is 325 g/mol. The maximum Gasteiger partial charge on any atom is 0.427 e. The molecule has 0 saturated heterocycles. The maximum absolute atomic E-state index is 12.3. The number of rotatable bonds is 2. The highest BCUT2D eigenvalue weighted by atomic mass is 16.6. The predicted molar refractivity (Wildman–Crippen MR) is 82.9 cm³/mol. The number of carbonyl (C=O) groups is 2. The van der Waals surface area contributed by atoms with Crippen molar-refractivity contribution in [1.29, 1.82) is 0 Å². The van der Waals surface area contributed by atoms with Crippen LogP contribution in [0.2, 0.25) is 0 Å². The van der Waals surface area contributed by atoms with Gasteiger partial charge < -0.3 is 14.6 Å². The number of ether oxygens (including phenoxy) is 2. The molecule has 0 bridgehead atoms. The normalized spacial score (nSPS) is 11.8. The first-order valence-electron chi connectivity index (χ1n) is 7.11. The molecule has 0 aliphatic rings. The monoisotopic (exact) mass is 325 g/mol. The lowest BCUT2D eigenvalue weighted by atomic mass is 10.2. The molecule has 128 valence electrons. The van der Waals surface area contributed by atoms with Gasteiger partial charge in [0.15, 0.2) is 0 Å². The molecule has 8 nitrogen and oxygen atoms in total. The first-order chi connectivity index (χ1) is 10.4. The van der Waals surface area contributed by atoms with E-state index in [9.17, 15) is 9.59 Å². The summed E-state index contributed by atoms with van der Waals surface area (Å²) >= 11 is 0. The second kappa shape index (κ2) is 6.91. The molecule has 0 atom stereocenters. The van der Waals surface area contributed by atoms with Crippen LogP contribution in [0.5, 0.6) is 0 Å². The Kier molecular flexibility index (Phi) is 5.65. The van der Waals surface area contributed by atoms with Gasteiger partial charge in [0.25, 0.3) is 0 Å². The highest BCUT2D eigenvalue weighted by Gasteiger charge is 2.34. The Morgan fingerprint density at radius 2 is 1.39 bits per heavy atom. The molecule has 1 N–H and O–H groups in total. The predicted octanol–water partition coefficient (Wildman–Crippen LogP) is 2.65. The van der Waals surface area contributed by atoms with Gasteiger partial charge in [0, 0.05) is 18.0 Å². The minimum Gasteiger partial charge on any atom is -0.443 e. The van der Waals surface area contributed by atoms with Gasteiger partial charge in [0.1, 0.15) is 11.2 Å². The van der Waals surface area contributed by atoms with Crippen molar-refractivity contribution in [1.82, 2.24) is 9.97 Å².